The first-order valence-corrected chi connectivity index (χ1v) is 16.0. The molecule has 2 aromatic carbocycles. The number of benzene rings is 2. The molecule has 8 nitrogen and oxygen atoms in total. The number of nitrogens with zero attached hydrogens (tertiary/aromatic N) is 5. The molecular weight excluding hydrogens is 586 g/mol. The van der Waals surface area contributed by atoms with E-state index in [2.05, 4.69) is 37.6 Å². The fourth-order valence-corrected chi connectivity index (χ4v) is 8.32. The van der Waals surface area contributed by atoms with Crippen molar-refractivity contribution >= 4 is 27.5 Å². The van der Waals surface area contributed by atoms with Crippen molar-refractivity contribution in [1.29, 1.82) is 0 Å². The predicted molar refractivity (Wildman–Crippen MR) is 174 cm³/mol. The number of rotatable bonds is 7. The minimum Gasteiger partial charge on any atom is -0.461 e. The van der Waals surface area contributed by atoms with Gasteiger partial charge in [-0.2, -0.15) is 9.97 Å². The van der Waals surface area contributed by atoms with E-state index in [1.165, 1.54) is 11.6 Å². The molecule has 1 N–H and O–H groups in total. The van der Waals surface area contributed by atoms with Crippen LogP contribution in [0.25, 0.3) is 32.9 Å². The maximum absolute atomic E-state index is 16.8. The second kappa shape index (κ2) is 11.3. The Morgan fingerprint density at radius 3 is 2.74 bits per heavy atom. The molecule has 4 atom stereocenters. The van der Waals surface area contributed by atoms with Crippen LogP contribution in [0.1, 0.15) is 37.7 Å². The van der Waals surface area contributed by atoms with E-state index in [4.69, 9.17) is 20.9 Å². The predicted octanol–water partition coefficient (Wildman–Crippen LogP) is 5.23. The van der Waals surface area contributed by atoms with Crippen LogP contribution in [0.2, 0.25) is 0 Å². The number of methoxy groups -OCH3 is 1. The summed E-state index contributed by atoms with van der Waals surface area (Å²) in [6.45, 7) is 7.59. The summed E-state index contributed by atoms with van der Waals surface area (Å²) in [6, 6.07) is 9.39. The molecule has 10 heteroatoms. The van der Waals surface area contributed by atoms with Gasteiger partial charge in [-0.25, -0.2) is 8.78 Å². The molecule has 0 spiro atoms. The Hall–Kier alpha value is -4.17. The lowest BCUT2D eigenvalue weighted by molar-refractivity contribution is 0.0522. The zero-order valence-electron chi connectivity index (χ0n) is 25.9. The summed E-state index contributed by atoms with van der Waals surface area (Å²) in [5.41, 5.74) is 1.57. The average Bonchev–Trinajstić information content (AvgIpc) is 3.69. The molecule has 4 aromatic rings. The van der Waals surface area contributed by atoms with Crippen LogP contribution in [0.15, 0.2) is 48.7 Å². The largest absolute Gasteiger partial charge is 0.461 e. The zero-order chi connectivity index (χ0) is 31.6. The van der Waals surface area contributed by atoms with E-state index >= 15 is 4.39 Å². The molecular formula is C36H36F2N6O2. The number of aromatic nitrogens is 3. The van der Waals surface area contributed by atoms with E-state index < -0.39 is 11.6 Å². The van der Waals surface area contributed by atoms with Gasteiger partial charge in [0.05, 0.1) is 23.1 Å². The van der Waals surface area contributed by atoms with Gasteiger partial charge in [-0.15, -0.1) is 6.42 Å². The first-order chi connectivity index (χ1) is 22.4. The molecule has 0 saturated carbocycles. The van der Waals surface area contributed by atoms with Gasteiger partial charge in [0.1, 0.15) is 29.5 Å². The summed E-state index contributed by atoms with van der Waals surface area (Å²) in [7, 11) is 1.73. The van der Waals surface area contributed by atoms with E-state index in [1.54, 1.807) is 31.5 Å². The molecule has 2 aromatic heterocycles. The first-order valence-electron chi connectivity index (χ1n) is 16.0. The highest BCUT2D eigenvalue weighted by Crippen LogP contribution is 2.45. The molecule has 236 valence electrons. The molecule has 0 radical (unpaired) electrons. The number of hydrogen-bond donors (Lipinski definition) is 1. The lowest BCUT2D eigenvalue weighted by atomic mass is 9.94. The minimum atomic E-state index is -0.626. The van der Waals surface area contributed by atoms with Gasteiger partial charge in [0, 0.05) is 62.0 Å². The molecule has 8 rings (SSSR count). The van der Waals surface area contributed by atoms with E-state index in [-0.39, 0.29) is 28.3 Å². The summed E-state index contributed by atoms with van der Waals surface area (Å²) in [5, 5.41) is 5.30. The van der Waals surface area contributed by atoms with Crippen LogP contribution in [0.5, 0.6) is 6.01 Å². The molecule has 2 bridgehead atoms. The minimum absolute atomic E-state index is 0.0474. The summed E-state index contributed by atoms with van der Waals surface area (Å²) in [5.74, 6) is 1.90. The number of pyridine rings is 1. The molecule has 0 amide bonds. The molecule has 4 aliphatic heterocycles. The van der Waals surface area contributed by atoms with Gasteiger partial charge in [-0.3, -0.25) is 9.88 Å². The van der Waals surface area contributed by atoms with Crippen molar-refractivity contribution in [3.8, 4) is 29.6 Å². The Morgan fingerprint density at radius 1 is 1.13 bits per heavy atom. The number of halogens is 2. The fourth-order valence-electron chi connectivity index (χ4n) is 8.32. The Morgan fingerprint density at radius 2 is 1.96 bits per heavy atom. The second-order valence-electron chi connectivity index (χ2n) is 13.2. The van der Waals surface area contributed by atoms with Crippen molar-refractivity contribution in [3.63, 3.8) is 0 Å². The third kappa shape index (κ3) is 4.72. The topological polar surface area (TPSA) is 75.6 Å². The van der Waals surface area contributed by atoms with Gasteiger partial charge in [0.25, 0.3) is 0 Å². The molecule has 4 fully saturated rings. The van der Waals surface area contributed by atoms with Crippen LogP contribution in [0, 0.1) is 24.0 Å². The van der Waals surface area contributed by atoms with Crippen molar-refractivity contribution in [2.45, 2.75) is 55.8 Å². The van der Waals surface area contributed by atoms with E-state index in [0.717, 1.165) is 51.7 Å². The van der Waals surface area contributed by atoms with E-state index in [0.29, 0.717) is 58.9 Å². The summed E-state index contributed by atoms with van der Waals surface area (Å²) >= 11 is 0. The normalized spacial score (nSPS) is 25.8. The highest BCUT2D eigenvalue weighted by atomic mass is 19.1. The van der Waals surface area contributed by atoms with E-state index in [1.807, 2.05) is 6.07 Å². The number of ether oxygens (including phenoxy) is 2. The van der Waals surface area contributed by atoms with Crippen molar-refractivity contribution in [1.82, 2.24) is 25.2 Å². The monoisotopic (exact) mass is 622 g/mol. The smallest absolute Gasteiger partial charge is 0.319 e. The number of piperazine rings is 1. The molecule has 4 saturated heterocycles. The number of nitrogens with one attached hydrogen (secondary N) is 1. The van der Waals surface area contributed by atoms with Crippen molar-refractivity contribution in [2.24, 2.45) is 0 Å². The van der Waals surface area contributed by atoms with Crippen LogP contribution in [-0.4, -0.2) is 83.5 Å². The molecule has 4 aliphatic rings. The Bertz CT molecular complexity index is 1910. The maximum Gasteiger partial charge on any atom is 0.319 e. The summed E-state index contributed by atoms with van der Waals surface area (Å²) < 4.78 is 43.6. The van der Waals surface area contributed by atoms with Gasteiger partial charge in [0.2, 0.25) is 0 Å². The quantitative estimate of drug-likeness (QED) is 0.222. The SMILES string of the molecule is C#Cc1c(F)ccc2cccc(-c3ncc4c(N5C[C@H]6CC[C@@H](C5)N6)nc(OC[C@@]56CC[C@H](COC)N5CC(=C)C6)nc4c3F)c12. The van der Waals surface area contributed by atoms with Crippen LogP contribution in [0.4, 0.5) is 14.6 Å². The Labute approximate surface area is 266 Å². The molecule has 46 heavy (non-hydrogen) atoms. The van der Waals surface area contributed by atoms with Crippen LogP contribution in [0.3, 0.4) is 0 Å². The number of terminal acetylenes is 1. The van der Waals surface area contributed by atoms with Crippen LogP contribution < -0.4 is 15.0 Å². The molecule has 0 aliphatic carbocycles. The highest BCUT2D eigenvalue weighted by Gasteiger charge is 2.51. The Kier molecular flexibility index (Phi) is 7.16. The van der Waals surface area contributed by atoms with Crippen LogP contribution in [-0.2, 0) is 4.74 Å². The average molecular weight is 623 g/mol. The fraction of sp³-hybridized carbons (Fsp3) is 0.417. The standard InChI is InChI=1S/C36H36F2N6O2/c1-4-26-29(37)11-8-22-6-5-7-27(30(22)26)32-31(38)33-28(15-39-32)34(43-17-23-9-10-24(18-43)40-23)42-35(41-33)46-20-36-13-12-25(19-45-3)44(36)16-21(2)14-36/h1,5-8,11,15,23-25,40H,2,9-10,12-14,16-20H2,3H3/t23-,24+,25-,36+/m1/s1. The van der Waals surface area contributed by atoms with Gasteiger partial charge in [0.15, 0.2) is 5.82 Å². The molecule has 0 unspecified atom stereocenters. The molecule has 6 heterocycles. The number of anilines is 1. The van der Waals surface area contributed by atoms with Crippen molar-refractivity contribution < 1.29 is 18.3 Å². The highest BCUT2D eigenvalue weighted by molar-refractivity contribution is 6.02. The summed E-state index contributed by atoms with van der Waals surface area (Å²) in [6.07, 6.45) is 12.3. The third-order valence-electron chi connectivity index (χ3n) is 10.3. The van der Waals surface area contributed by atoms with E-state index in [9.17, 15) is 4.39 Å². The lowest BCUT2D eigenvalue weighted by Gasteiger charge is -2.35. The lowest BCUT2D eigenvalue weighted by Crippen LogP contribution is -2.51. The van der Waals surface area contributed by atoms with Gasteiger partial charge in [-0.1, -0.05) is 42.3 Å². The van der Waals surface area contributed by atoms with Crippen LogP contribution >= 0.6 is 0 Å². The Balaban J connectivity index is 1.24. The number of fused-ring (bicyclic) bond motifs is 5. The van der Waals surface area contributed by atoms with Gasteiger partial charge in [-0.05, 0) is 43.6 Å². The number of hydrogen-bond acceptors (Lipinski definition) is 8. The van der Waals surface area contributed by atoms with Crippen molar-refractivity contribution in [2.75, 3.05) is 44.9 Å². The maximum atomic E-state index is 16.8. The second-order valence-corrected chi connectivity index (χ2v) is 13.2. The van der Waals surface area contributed by atoms with Crippen molar-refractivity contribution in [3.05, 3.63) is 65.9 Å². The summed E-state index contributed by atoms with van der Waals surface area (Å²) in [4.78, 5) is 18.8. The first kappa shape index (κ1) is 29.2. The van der Waals surface area contributed by atoms with Gasteiger partial charge < -0.3 is 19.7 Å². The third-order valence-corrected chi connectivity index (χ3v) is 10.3. The zero-order valence-corrected chi connectivity index (χ0v) is 25.9. The van der Waals surface area contributed by atoms with Gasteiger partial charge >= 0.3 is 6.01 Å².